The maximum Gasteiger partial charge on any atom is -0.0291 e. The molecule has 0 aromatic rings. The fourth-order valence-corrected chi connectivity index (χ4v) is 1.45. The van der Waals surface area contributed by atoms with Crippen molar-refractivity contribution in [2.45, 2.75) is 60.3 Å². The Balaban J connectivity index is 4.27. The first-order chi connectivity index (χ1) is 6.60. The molecule has 0 rings (SSSR count). The highest BCUT2D eigenvalue weighted by Gasteiger charge is 2.02. The first kappa shape index (κ1) is 13.5. The molecule has 0 aromatic heterocycles. The molecule has 0 aliphatic carbocycles. The van der Waals surface area contributed by atoms with Crippen molar-refractivity contribution < 1.29 is 0 Å². The molecule has 0 aromatic carbocycles. The van der Waals surface area contributed by atoms with Crippen LogP contribution in [0.15, 0.2) is 23.3 Å². The average Bonchev–Trinajstić information content (AvgIpc) is 2.14. The Morgan fingerprint density at radius 2 is 1.79 bits per heavy atom. The molecule has 0 radical (unpaired) electrons. The van der Waals surface area contributed by atoms with Gasteiger partial charge in [-0.3, -0.25) is 0 Å². The molecule has 0 bridgehead atoms. The molecule has 0 amide bonds. The van der Waals surface area contributed by atoms with Crippen LogP contribution in [0.4, 0.5) is 0 Å². The van der Waals surface area contributed by atoms with Gasteiger partial charge in [0, 0.05) is 0 Å². The van der Waals surface area contributed by atoms with Crippen LogP contribution in [0.5, 0.6) is 0 Å². The number of rotatable bonds is 6. The molecule has 0 nitrogen and oxygen atoms in total. The van der Waals surface area contributed by atoms with Gasteiger partial charge >= 0.3 is 0 Å². The Morgan fingerprint density at radius 3 is 2.21 bits per heavy atom. The number of hydrogen-bond acceptors (Lipinski definition) is 0. The van der Waals surface area contributed by atoms with E-state index in [4.69, 9.17) is 0 Å². The highest BCUT2D eigenvalue weighted by molar-refractivity contribution is 5.16. The van der Waals surface area contributed by atoms with Gasteiger partial charge in [0.05, 0.1) is 0 Å². The third kappa shape index (κ3) is 6.94. The highest BCUT2D eigenvalue weighted by Crippen LogP contribution is 2.18. The quantitative estimate of drug-likeness (QED) is 0.515. The topological polar surface area (TPSA) is 0 Å². The molecule has 14 heavy (non-hydrogen) atoms. The van der Waals surface area contributed by atoms with Crippen molar-refractivity contribution in [3.05, 3.63) is 23.3 Å². The van der Waals surface area contributed by atoms with Crippen molar-refractivity contribution in [1.29, 1.82) is 0 Å². The normalized spacial score (nSPS) is 13.9. The van der Waals surface area contributed by atoms with E-state index in [0.29, 0.717) is 0 Å². The van der Waals surface area contributed by atoms with Crippen LogP contribution in [0.25, 0.3) is 0 Å². The smallest absolute Gasteiger partial charge is 0.0291 e. The van der Waals surface area contributed by atoms with Crippen LogP contribution >= 0.6 is 0 Å². The van der Waals surface area contributed by atoms with Crippen molar-refractivity contribution in [2.24, 2.45) is 5.92 Å². The second-order valence-electron chi connectivity index (χ2n) is 4.54. The Kier molecular flexibility index (Phi) is 7.55. The SMILES string of the molecule is CCC/C(=C\C=C(C)C)CC(C)CC. The van der Waals surface area contributed by atoms with E-state index in [0.717, 1.165) is 5.92 Å². The third-order valence-electron chi connectivity index (χ3n) is 2.53. The maximum atomic E-state index is 2.34. The minimum atomic E-state index is 0.832. The monoisotopic (exact) mass is 194 g/mol. The molecule has 0 spiro atoms. The molecule has 82 valence electrons. The summed E-state index contributed by atoms with van der Waals surface area (Å²) in [5.74, 6) is 0.832. The summed E-state index contributed by atoms with van der Waals surface area (Å²) in [5.41, 5.74) is 3.01. The summed E-state index contributed by atoms with van der Waals surface area (Å²) in [7, 11) is 0. The van der Waals surface area contributed by atoms with Gasteiger partial charge in [0.15, 0.2) is 0 Å². The van der Waals surface area contributed by atoms with Crippen LogP contribution in [-0.4, -0.2) is 0 Å². The predicted octanol–water partition coefficient (Wildman–Crippen LogP) is 5.12. The molecule has 0 saturated heterocycles. The largest absolute Gasteiger partial charge is 0.0764 e. The lowest BCUT2D eigenvalue weighted by molar-refractivity contribution is 0.546. The van der Waals surface area contributed by atoms with Crippen LogP contribution in [0.3, 0.4) is 0 Å². The fourth-order valence-electron chi connectivity index (χ4n) is 1.45. The van der Waals surface area contributed by atoms with E-state index >= 15 is 0 Å². The molecule has 0 aliphatic rings. The number of hydrogen-bond donors (Lipinski definition) is 0. The van der Waals surface area contributed by atoms with Gasteiger partial charge < -0.3 is 0 Å². The summed E-state index contributed by atoms with van der Waals surface area (Å²) < 4.78 is 0. The van der Waals surface area contributed by atoms with Crippen LogP contribution in [0.2, 0.25) is 0 Å². The summed E-state index contributed by atoms with van der Waals surface area (Å²) in [4.78, 5) is 0. The van der Waals surface area contributed by atoms with E-state index in [1.807, 2.05) is 0 Å². The van der Waals surface area contributed by atoms with Gasteiger partial charge in [0.2, 0.25) is 0 Å². The Labute approximate surface area is 90.1 Å². The zero-order chi connectivity index (χ0) is 11.0. The maximum absolute atomic E-state index is 2.34. The standard InChI is InChI=1S/C14H26/c1-6-8-14(10-9-12(3)4)11-13(5)7-2/h9-10,13H,6-8,11H2,1-5H3/b14-10+. The van der Waals surface area contributed by atoms with Gasteiger partial charge in [-0.05, 0) is 32.6 Å². The van der Waals surface area contributed by atoms with Crippen molar-refractivity contribution in [3.63, 3.8) is 0 Å². The molecule has 0 fully saturated rings. The Bertz CT molecular complexity index is 192. The second-order valence-corrected chi connectivity index (χ2v) is 4.54. The first-order valence-electron chi connectivity index (χ1n) is 5.93. The third-order valence-corrected chi connectivity index (χ3v) is 2.53. The lowest BCUT2D eigenvalue weighted by Gasteiger charge is -2.11. The van der Waals surface area contributed by atoms with Gasteiger partial charge in [-0.1, -0.05) is 56.9 Å². The second kappa shape index (κ2) is 7.84. The highest BCUT2D eigenvalue weighted by atomic mass is 14.1. The predicted molar refractivity (Wildman–Crippen MR) is 66.5 cm³/mol. The summed E-state index contributed by atoms with van der Waals surface area (Å²) in [6.45, 7) is 11.2. The molecule has 0 aliphatic heterocycles. The first-order valence-corrected chi connectivity index (χ1v) is 5.93. The van der Waals surface area contributed by atoms with Crippen LogP contribution in [0.1, 0.15) is 60.3 Å². The van der Waals surface area contributed by atoms with E-state index in [1.54, 1.807) is 5.57 Å². The summed E-state index contributed by atoms with van der Waals surface area (Å²) in [5, 5.41) is 0. The van der Waals surface area contributed by atoms with Gasteiger partial charge in [-0.25, -0.2) is 0 Å². The molecule has 1 unspecified atom stereocenters. The van der Waals surface area contributed by atoms with E-state index < -0.39 is 0 Å². The van der Waals surface area contributed by atoms with Crippen LogP contribution < -0.4 is 0 Å². The summed E-state index contributed by atoms with van der Waals surface area (Å²) >= 11 is 0. The lowest BCUT2D eigenvalue weighted by atomic mass is 9.95. The van der Waals surface area contributed by atoms with Crippen LogP contribution in [0, 0.1) is 5.92 Å². The molecule has 0 heterocycles. The van der Waals surface area contributed by atoms with Gasteiger partial charge in [0.25, 0.3) is 0 Å². The van der Waals surface area contributed by atoms with Crippen LogP contribution in [-0.2, 0) is 0 Å². The number of allylic oxidation sites excluding steroid dienone is 4. The zero-order valence-electron chi connectivity index (χ0n) is 10.6. The van der Waals surface area contributed by atoms with Gasteiger partial charge in [0.1, 0.15) is 0 Å². The van der Waals surface area contributed by atoms with Crippen molar-refractivity contribution in [2.75, 3.05) is 0 Å². The minimum Gasteiger partial charge on any atom is -0.0764 e. The average molecular weight is 194 g/mol. The van der Waals surface area contributed by atoms with Gasteiger partial charge in [-0.15, -0.1) is 0 Å². The van der Waals surface area contributed by atoms with Crippen molar-refractivity contribution in [3.8, 4) is 0 Å². The Morgan fingerprint density at radius 1 is 1.14 bits per heavy atom. The molecule has 1 atom stereocenters. The summed E-state index contributed by atoms with van der Waals surface area (Å²) in [6, 6.07) is 0. The zero-order valence-corrected chi connectivity index (χ0v) is 10.6. The fraction of sp³-hybridized carbons (Fsp3) is 0.714. The Hall–Kier alpha value is -0.520. The van der Waals surface area contributed by atoms with E-state index in [-0.39, 0.29) is 0 Å². The molecular weight excluding hydrogens is 168 g/mol. The molecule has 0 heteroatoms. The van der Waals surface area contributed by atoms with Crippen molar-refractivity contribution >= 4 is 0 Å². The van der Waals surface area contributed by atoms with Crippen molar-refractivity contribution in [1.82, 2.24) is 0 Å². The summed E-state index contributed by atoms with van der Waals surface area (Å²) in [6.07, 6.45) is 9.65. The molecule has 0 saturated carbocycles. The van der Waals surface area contributed by atoms with E-state index in [1.165, 1.54) is 31.3 Å². The van der Waals surface area contributed by atoms with E-state index in [2.05, 4.69) is 46.8 Å². The molecular formula is C14H26. The van der Waals surface area contributed by atoms with Gasteiger partial charge in [-0.2, -0.15) is 0 Å². The lowest BCUT2D eigenvalue weighted by Crippen LogP contribution is -1.95. The minimum absolute atomic E-state index is 0.832. The van der Waals surface area contributed by atoms with E-state index in [9.17, 15) is 0 Å². The molecule has 0 N–H and O–H groups in total.